The highest BCUT2D eigenvalue weighted by atomic mass is 19.1. The van der Waals surface area contributed by atoms with Gasteiger partial charge in [-0.05, 0) is 82.3 Å². The Kier molecular flexibility index (Phi) is 6.24. The smallest absolute Gasteiger partial charge is 0.410 e. The Balaban J connectivity index is 1.32. The molecule has 2 fully saturated rings. The summed E-state index contributed by atoms with van der Waals surface area (Å²) in [7, 11) is 0. The Bertz CT molecular complexity index is 827. The molecule has 31 heavy (non-hydrogen) atoms. The summed E-state index contributed by atoms with van der Waals surface area (Å²) in [6, 6.07) is 4.84. The molecule has 0 radical (unpaired) electrons. The van der Waals surface area contributed by atoms with Crippen LogP contribution in [0.15, 0.2) is 18.2 Å². The lowest BCUT2D eigenvalue weighted by molar-refractivity contribution is -0.116. The van der Waals surface area contributed by atoms with Crippen LogP contribution in [0, 0.1) is 11.7 Å². The van der Waals surface area contributed by atoms with E-state index in [0.29, 0.717) is 12.5 Å². The number of hydrogen-bond acceptors (Lipinski definition) is 4. The molecular weight excluding hydrogens is 397 g/mol. The number of hydrogen-bond donors (Lipinski definition) is 0. The van der Waals surface area contributed by atoms with Gasteiger partial charge in [-0.1, -0.05) is 0 Å². The van der Waals surface area contributed by atoms with E-state index in [2.05, 4.69) is 4.90 Å². The Labute approximate surface area is 184 Å². The SMILES string of the molecule is CC(=O)N1CC2(CCN(CC3CCN(C(=O)OC(C)C)CC3)CC2)c2cc(F)ccc21. The van der Waals surface area contributed by atoms with Crippen molar-refractivity contribution in [2.45, 2.75) is 58.0 Å². The third-order valence-electron chi connectivity index (χ3n) is 7.20. The summed E-state index contributed by atoms with van der Waals surface area (Å²) >= 11 is 0. The van der Waals surface area contributed by atoms with Crippen molar-refractivity contribution >= 4 is 17.7 Å². The van der Waals surface area contributed by atoms with Crippen molar-refractivity contribution in [2.24, 2.45) is 5.92 Å². The first-order valence-corrected chi connectivity index (χ1v) is 11.5. The predicted molar refractivity (Wildman–Crippen MR) is 118 cm³/mol. The second-order valence-corrected chi connectivity index (χ2v) is 9.71. The lowest BCUT2D eigenvalue weighted by Crippen LogP contribution is -2.48. The van der Waals surface area contributed by atoms with Crippen LogP contribution in [0.2, 0.25) is 0 Å². The van der Waals surface area contributed by atoms with Crippen LogP contribution < -0.4 is 4.90 Å². The molecule has 0 atom stereocenters. The molecule has 170 valence electrons. The molecule has 4 rings (SSSR count). The van der Waals surface area contributed by atoms with Crippen LogP contribution in [0.3, 0.4) is 0 Å². The molecule has 2 amide bonds. The van der Waals surface area contributed by atoms with E-state index in [-0.39, 0.29) is 29.3 Å². The fourth-order valence-electron chi connectivity index (χ4n) is 5.45. The summed E-state index contributed by atoms with van der Waals surface area (Å²) in [5.41, 5.74) is 1.74. The lowest BCUT2D eigenvalue weighted by Gasteiger charge is -2.42. The molecular formula is C24H34FN3O3. The van der Waals surface area contributed by atoms with Gasteiger partial charge in [0.15, 0.2) is 0 Å². The van der Waals surface area contributed by atoms with Crippen LogP contribution in [-0.2, 0) is 14.9 Å². The minimum Gasteiger partial charge on any atom is -0.447 e. The predicted octanol–water partition coefficient (Wildman–Crippen LogP) is 3.78. The minimum absolute atomic E-state index is 0.0231. The number of anilines is 1. The Morgan fingerprint density at radius 2 is 1.84 bits per heavy atom. The standard InChI is InChI=1S/C24H34FN3O3/c1-17(2)31-23(30)27-10-6-19(7-11-27)15-26-12-8-24(9-13-26)16-28(18(3)29)22-5-4-20(25)14-21(22)24/h4-5,14,17,19H,6-13,15-16H2,1-3H3. The second kappa shape index (κ2) is 8.77. The maximum atomic E-state index is 14.0. The molecule has 0 aliphatic carbocycles. The first kappa shape index (κ1) is 22.1. The topological polar surface area (TPSA) is 53.1 Å². The van der Waals surface area contributed by atoms with Gasteiger partial charge in [0, 0.05) is 44.2 Å². The molecule has 3 aliphatic rings. The number of fused-ring (bicyclic) bond motifs is 2. The van der Waals surface area contributed by atoms with Crippen molar-refractivity contribution in [1.29, 1.82) is 0 Å². The monoisotopic (exact) mass is 431 g/mol. The highest BCUT2D eigenvalue weighted by Crippen LogP contribution is 2.47. The van der Waals surface area contributed by atoms with Crippen molar-refractivity contribution in [3.63, 3.8) is 0 Å². The molecule has 1 aromatic rings. The number of rotatable bonds is 3. The molecule has 0 saturated carbocycles. The number of likely N-dealkylation sites (tertiary alicyclic amines) is 2. The first-order valence-electron chi connectivity index (χ1n) is 11.5. The van der Waals surface area contributed by atoms with E-state index in [9.17, 15) is 14.0 Å². The number of ether oxygens (including phenoxy) is 1. The molecule has 1 spiro atoms. The molecule has 2 saturated heterocycles. The molecule has 3 heterocycles. The quantitative estimate of drug-likeness (QED) is 0.731. The van der Waals surface area contributed by atoms with Gasteiger partial charge in [-0.25, -0.2) is 9.18 Å². The molecule has 0 N–H and O–H groups in total. The number of amides is 2. The molecule has 0 bridgehead atoms. The van der Waals surface area contributed by atoms with Gasteiger partial charge in [-0.3, -0.25) is 4.79 Å². The van der Waals surface area contributed by atoms with Gasteiger partial charge in [0.1, 0.15) is 5.82 Å². The molecule has 1 aromatic carbocycles. The number of piperidine rings is 2. The molecule has 3 aliphatic heterocycles. The zero-order chi connectivity index (χ0) is 22.2. The van der Waals surface area contributed by atoms with E-state index in [0.717, 1.165) is 69.7 Å². The van der Waals surface area contributed by atoms with Crippen molar-refractivity contribution < 1.29 is 18.7 Å². The number of carbonyl (C=O) groups excluding carboxylic acids is 2. The van der Waals surface area contributed by atoms with Crippen molar-refractivity contribution in [3.05, 3.63) is 29.6 Å². The van der Waals surface area contributed by atoms with Crippen LogP contribution in [-0.4, -0.2) is 67.2 Å². The van der Waals surface area contributed by atoms with Gasteiger partial charge in [-0.15, -0.1) is 0 Å². The van der Waals surface area contributed by atoms with E-state index < -0.39 is 0 Å². The first-order chi connectivity index (χ1) is 14.8. The van der Waals surface area contributed by atoms with Crippen molar-refractivity contribution in [3.8, 4) is 0 Å². The zero-order valence-electron chi connectivity index (χ0n) is 18.9. The average molecular weight is 432 g/mol. The number of halogens is 1. The van der Waals surface area contributed by atoms with Crippen molar-refractivity contribution in [2.75, 3.05) is 44.2 Å². The van der Waals surface area contributed by atoms with Gasteiger partial charge in [-0.2, -0.15) is 0 Å². The fourth-order valence-corrected chi connectivity index (χ4v) is 5.45. The van der Waals surface area contributed by atoms with Crippen LogP contribution >= 0.6 is 0 Å². The summed E-state index contributed by atoms with van der Waals surface area (Å²) in [6.45, 7) is 10.5. The summed E-state index contributed by atoms with van der Waals surface area (Å²) in [5, 5.41) is 0. The van der Waals surface area contributed by atoms with Crippen LogP contribution in [0.25, 0.3) is 0 Å². The highest BCUT2D eigenvalue weighted by molar-refractivity contribution is 5.94. The third-order valence-corrected chi connectivity index (χ3v) is 7.20. The lowest BCUT2D eigenvalue weighted by atomic mass is 9.74. The number of nitrogens with zero attached hydrogens (tertiary/aromatic N) is 3. The van der Waals surface area contributed by atoms with Crippen molar-refractivity contribution in [1.82, 2.24) is 9.80 Å². The number of carbonyl (C=O) groups is 2. The third kappa shape index (κ3) is 4.56. The van der Waals surface area contributed by atoms with Crippen LogP contribution in [0.5, 0.6) is 0 Å². The largest absolute Gasteiger partial charge is 0.447 e. The second-order valence-electron chi connectivity index (χ2n) is 9.71. The van der Waals surface area contributed by atoms with E-state index in [4.69, 9.17) is 4.74 Å². The Morgan fingerprint density at radius 1 is 1.16 bits per heavy atom. The summed E-state index contributed by atoms with van der Waals surface area (Å²) in [5.74, 6) is 0.378. The van der Waals surface area contributed by atoms with Gasteiger partial charge >= 0.3 is 6.09 Å². The Morgan fingerprint density at radius 3 is 2.45 bits per heavy atom. The van der Waals surface area contributed by atoms with E-state index >= 15 is 0 Å². The minimum atomic E-state index is -0.228. The van der Waals surface area contributed by atoms with Gasteiger partial charge in [0.2, 0.25) is 5.91 Å². The molecule has 6 nitrogen and oxygen atoms in total. The number of benzene rings is 1. The summed E-state index contributed by atoms with van der Waals surface area (Å²) in [4.78, 5) is 30.4. The molecule has 7 heteroatoms. The van der Waals surface area contributed by atoms with Crippen LogP contribution in [0.1, 0.15) is 52.0 Å². The van der Waals surface area contributed by atoms with E-state index in [1.165, 1.54) is 6.07 Å². The molecule has 0 aromatic heterocycles. The Hall–Kier alpha value is -2.15. The normalized spacial score (nSPS) is 21.6. The summed E-state index contributed by atoms with van der Waals surface area (Å²) in [6.07, 6.45) is 3.59. The van der Waals surface area contributed by atoms with Gasteiger partial charge in [0.25, 0.3) is 0 Å². The maximum absolute atomic E-state index is 14.0. The summed E-state index contributed by atoms with van der Waals surface area (Å²) < 4.78 is 19.3. The molecule has 0 unspecified atom stereocenters. The van der Waals surface area contributed by atoms with Gasteiger partial charge < -0.3 is 19.4 Å². The zero-order valence-corrected chi connectivity index (χ0v) is 18.9. The average Bonchev–Trinajstić information content (AvgIpc) is 3.04. The fraction of sp³-hybridized carbons (Fsp3) is 0.667. The van der Waals surface area contributed by atoms with Crippen LogP contribution in [0.4, 0.5) is 14.9 Å². The van der Waals surface area contributed by atoms with E-state index in [1.54, 1.807) is 19.1 Å². The maximum Gasteiger partial charge on any atom is 0.410 e. The van der Waals surface area contributed by atoms with Gasteiger partial charge in [0.05, 0.1) is 6.10 Å². The van der Waals surface area contributed by atoms with E-state index in [1.807, 2.05) is 23.6 Å². The highest BCUT2D eigenvalue weighted by Gasteiger charge is 2.46.